The number of benzene rings is 2. The van der Waals surface area contributed by atoms with Crippen molar-refractivity contribution < 1.29 is 27.5 Å². The number of hydrogen-bond donors (Lipinski definition) is 2. The minimum atomic E-state index is -3.74. The largest absolute Gasteiger partial charge is 0.495 e. The fourth-order valence-corrected chi connectivity index (χ4v) is 4.66. The smallest absolute Gasteiger partial charge is 0.251 e. The van der Waals surface area contributed by atoms with Crippen LogP contribution in [0.1, 0.15) is 21.5 Å². The van der Waals surface area contributed by atoms with Crippen LogP contribution in [0.4, 0.5) is 5.69 Å². The number of nitrogens with zero attached hydrogens (tertiary/aromatic N) is 1. The van der Waals surface area contributed by atoms with Crippen LogP contribution in [-0.2, 0) is 19.6 Å². The first kappa shape index (κ1) is 23.7. The monoisotopic (exact) mass is 461 g/mol. The van der Waals surface area contributed by atoms with Gasteiger partial charge >= 0.3 is 0 Å². The van der Waals surface area contributed by atoms with Gasteiger partial charge in [0.05, 0.1) is 37.5 Å². The van der Waals surface area contributed by atoms with Crippen molar-refractivity contribution in [3.8, 4) is 5.75 Å². The number of amides is 2. The molecule has 1 fully saturated rings. The minimum absolute atomic E-state index is 0.0367. The van der Waals surface area contributed by atoms with Crippen LogP contribution in [0.2, 0.25) is 0 Å². The van der Waals surface area contributed by atoms with Gasteiger partial charge in [0.15, 0.2) is 0 Å². The van der Waals surface area contributed by atoms with E-state index in [-0.39, 0.29) is 36.1 Å². The zero-order valence-electron chi connectivity index (χ0n) is 18.3. The lowest BCUT2D eigenvalue weighted by Gasteiger charge is -2.26. The van der Waals surface area contributed by atoms with E-state index in [1.807, 2.05) is 19.9 Å². The van der Waals surface area contributed by atoms with Gasteiger partial charge in [-0.05, 0) is 55.3 Å². The Bertz CT molecular complexity index is 1110. The molecule has 2 aromatic rings. The van der Waals surface area contributed by atoms with Gasteiger partial charge in [-0.3, -0.25) is 9.59 Å². The molecule has 0 atom stereocenters. The van der Waals surface area contributed by atoms with E-state index in [2.05, 4.69) is 10.6 Å². The third-order valence-electron chi connectivity index (χ3n) is 5.23. The molecule has 1 heterocycles. The van der Waals surface area contributed by atoms with E-state index in [9.17, 15) is 18.0 Å². The predicted octanol–water partition coefficient (Wildman–Crippen LogP) is 1.70. The first-order chi connectivity index (χ1) is 15.2. The summed E-state index contributed by atoms with van der Waals surface area (Å²) in [6.07, 6.45) is 0. The second-order valence-electron chi connectivity index (χ2n) is 7.41. The summed E-state index contributed by atoms with van der Waals surface area (Å²) < 4.78 is 37.6. The standard InChI is InChI=1S/C22H27N3O6S/c1-15-4-5-17(12-16(15)2)22(27)23-14-21(26)24-19-13-18(6-7-20(19)30-3)32(28,29)25-8-10-31-11-9-25/h4-7,12-13H,8-11,14H2,1-3H3,(H,23,27)(H,24,26). The summed E-state index contributed by atoms with van der Waals surface area (Å²) in [4.78, 5) is 24.8. The summed E-state index contributed by atoms with van der Waals surface area (Å²) >= 11 is 0. The van der Waals surface area contributed by atoms with Gasteiger partial charge in [-0.2, -0.15) is 4.31 Å². The van der Waals surface area contributed by atoms with Crippen LogP contribution in [0.3, 0.4) is 0 Å². The zero-order valence-corrected chi connectivity index (χ0v) is 19.1. The van der Waals surface area contributed by atoms with Gasteiger partial charge in [0, 0.05) is 18.7 Å². The normalized spacial score (nSPS) is 14.6. The van der Waals surface area contributed by atoms with E-state index in [1.54, 1.807) is 12.1 Å². The first-order valence-electron chi connectivity index (χ1n) is 10.1. The molecule has 0 aliphatic carbocycles. The van der Waals surface area contributed by atoms with Crippen molar-refractivity contribution in [1.82, 2.24) is 9.62 Å². The molecular formula is C22H27N3O6S. The molecule has 0 saturated carbocycles. The summed E-state index contributed by atoms with van der Waals surface area (Å²) in [5, 5.41) is 5.19. The highest BCUT2D eigenvalue weighted by Crippen LogP contribution is 2.29. The molecule has 0 spiro atoms. The van der Waals surface area contributed by atoms with Crippen LogP contribution in [0.25, 0.3) is 0 Å². The average molecular weight is 462 g/mol. The lowest BCUT2D eigenvalue weighted by Crippen LogP contribution is -2.40. The number of rotatable bonds is 7. The molecule has 1 aliphatic rings. The predicted molar refractivity (Wildman–Crippen MR) is 119 cm³/mol. The molecule has 2 aromatic carbocycles. The Morgan fingerprint density at radius 2 is 1.78 bits per heavy atom. The van der Waals surface area contributed by atoms with Gasteiger partial charge in [-0.25, -0.2) is 8.42 Å². The molecule has 1 saturated heterocycles. The van der Waals surface area contributed by atoms with Crippen molar-refractivity contribution in [3.63, 3.8) is 0 Å². The van der Waals surface area contributed by atoms with Crippen molar-refractivity contribution in [2.75, 3.05) is 45.3 Å². The molecular weight excluding hydrogens is 434 g/mol. The maximum atomic E-state index is 12.9. The maximum Gasteiger partial charge on any atom is 0.251 e. The molecule has 3 rings (SSSR count). The van der Waals surface area contributed by atoms with E-state index < -0.39 is 15.9 Å². The molecule has 0 aromatic heterocycles. The Labute approximate surface area is 187 Å². The number of carbonyl (C=O) groups excluding carboxylic acids is 2. The number of methoxy groups -OCH3 is 1. The topological polar surface area (TPSA) is 114 Å². The summed E-state index contributed by atoms with van der Waals surface area (Å²) in [6.45, 7) is 4.77. The third kappa shape index (κ3) is 5.45. The summed E-state index contributed by atoms with van der Waals surface area (Å²) in [5.41, 5.74) is 2.70. The molecule has 10 heteroatoms. The highest BCUT2D eigenvalue weighted by atomic mass is 32.2. The van der Waals surface area contributed by atoms with Gasteiger partial charge in [0.2, 0.25) is 15.9 Å². The second kappa shape index (κ2) is 10.1. The van der Waals surface area contributed by atoms with Crippen molar-refractivity contribution in [2.24, 2.45) is 0 Å². The van der Waals surface area contributed by atoms with E-state index in [0.29, 0.717) is 24.5 Å². The molecule has 2 N–H and O–H groups in total. The van der Waals surface area contributed by atoms with Gasteiger partial charge in [0.1, 0.15) is 5.75 Å². The van der Waals surface area contributed by atoms with Crippen LogP contribution < -0.4 is 15.4 Å². The van der Waals surface area contributed by atoms with Crippen molar-refractivity contribution in [2.45, 2.75) is 18.7 Å². The zero-order chi connectivity index (χ0) is 23.3. The summed E-state index contributed by atoms with van der Waals surface area (Å²) in [7, 11) is -2.32. The summed E-state index contributed by atoms with van der Waals surface area (Å²) in [5.74, 6) is -0.583. The number of aryl methyl sites for hydroxylation is 2. The van der Waals surface area contributed by atoms with Crippen LogP contribution in [-0.4, -0.2) is 64.5 Å². The first-order valence-corrected chi connectivity index (χ1v) is 11.6. The number of ether oxygens (including phenoxy) is 2. The molecule has 32 heavy (non-hydrogen) atoms. The fraction of sp³-hybridized carbons (Fsp3) is 0.364. The quantitative estimate of drug-likeness (QED) is 0.649. The van der Waals surface area contributed by atoms with Gasteiger partial charge < -0.3 is 20.1 Å². The number of nitrogens with one attached hydrogen (secondary N) is 2. The molecule has 0 unspecified atom stereocenters. The van der Waals surface area contributed by atoms with Gasteiger partial charge in [-0.1, -0.05) is 6.07 Å². The highest BCUT2D eigenvalue weighted by molar-refractivity contribution is 7.89. The Kier molecular flexibility index (Phi) is 7.49. The van der Waals surface area contributed by atoms with Gasteiger partial charge in [0.25, 0.3) is 5.91 Å². The molecule has 9 nitrogen and oxygen atoms in total. The van der Waals surface area contributed by atoms with Crippen LogP contribution in [0.5, 0.6) is 5.75 Å². The van der Waals surface area contributed by atoms with E-state index in [1.165, 1.54) is 29.6 Å². The van der Waals surface area contributed by atoms with Crippen LogP contribution in [0.15, 0.2) is 41.3 Å². The Morgan fingerprint density at radius 3 is 2.44 bits per heavy atom. The lowest BCUT2D eigenvalue weighted by molar-refractivity contribution is -0.115. The highest BCUT2D eigenvalue weighted by Gasteiger charge is 2.27. The number of anilines is 1. The molecule has 2 amide bonds. The number of carbonyl (C=O) groups is 2. The number of morpholine rings is 1. The number of hydrogen-bond acceptors (Lipinski definition) is 6. The van der Waals surface area contributed by atoms with Crippen LogP contribution in [0, 0.1) is 13.8 Å². The molecule has 1 aliphatic heterocycles. The van der Waals surface area contributed by atoms with E-state index >= 15 is 0 Å². The maximum absolute atomic E-state index is 12.9. The minimum Gasteiger partial charge on any atom is -0.495 e. The Hall–Kier alpha value is -2.95. The van der Waals surface area contributed by atoms with Crippen molar-refractivity contribution >= 4 is 27.5 Å². The fourth-order valence-electron chi connectivity index (χ4n) is 3.22. The molecule has 0 bridgehead atoms. The van der Waals surface area contributed by atoms with E-state index in [0.717, 1.165) is 11.1 Å². The SMILES string of the molecule is COc1ccc(S(=O)(=O)N2CCOCC2)cc1NC(=O)CNC(=O)c1ccc(C)c(C)c1. The summed E-state index contributed by atoms with van der Waals surface area (Å²) in [6, 6.07) is 9.56. The Balaban J connectivity index is 1.70. The Morgan fingerprint density at radius 1 is 1.06 bits per heavy atom. The molecule has 172 valence electrons. The third-order valence-corrected chi connectivity index (χ3v) is 7.13. The lowest BCUT2D eigenvalue weighted by atomic mass is 10.1. The molecule has 0 radical (unpaired) electrons. The number of sulfonamides is 1. The van der Waals surface area contributed by atoms with Crippen molar-refractivity contribution in [3.05, 3.63) is 53.1 Å². The average Bonchev–Trinajstić information content (AvgIpc) is 2.79. The van der Waals surface area contributed by atoms with Crippen LogP contribution >= 0.6 is 0 Å². The second-order valence-corrected chi connectivity index (χ2v) is 9.35. The van der Waals surface area contributed by atoms with Gasteiger partial charge in [-0.15, -0.1) is 0 Å². The van der Waals surface area contributed by atoms with E-state index in [4.69, 9.17) is 9.47 Å². The van der Waals surface area contributed by atoms with Crippen molar-refractivity contribution in [1.29, 1.82) is 0 Å².